The van der Waals surface area contributed by atoms with Crippen LogP contribution in [0.3, 0.4) is 0 Å². The van der Waals surface area contributed by atoms with Crippen LogP contribution < -0.4 is 4.74 Å². The van der Waals surface area contributed by atoms with Gasteiger partial charge < -0.3 is 4.74 Å². The largest absolute Gasteiger partial charge is 0.497 e. The molecule has 0 spiro atoms. The Balaban J connectivity index is 1.91. The average molecular weight is 463 g/mol. The predicted octanol–water partition coefficient (Wildman–Crippen LogP) is 9.52. The maximum atomic E-state index is 5.72. The fourth-order valence-corrected chi connectivity index (χ4v) is 5.19. The van der Waals surface area contributed by atoms with Crippen molar-refractivity contribution in [1.29, 1.82) is 0 Å². The molecule has 0 aliphatic rings. The summed E-state index contributed by atoms with van der Waals surface area (Å²) in [5.74, 6) is 0.852. The maximum Gasteiger partial charge on any atom is 0.119 e. The first-order valence-corrected chi connectivity index (χ1v) is 12.2. The number of benzene rings is 6. The van der Waals surface area contributed by atoms with Gasteiger partial charge in [-0.1, -0.05) is 127 Å². The summed E-state index contributed by atoms with van der Waals surface area (Å²) in [4.78, 5) is 0. The van der Waals surface area contributed by atoms with Gasteiger partial charge in [-0.25, -0.2) is 0 Å². The summed E-state index contributed by atoms with van der Waals surface area (Å²) in [7, 11) is 1.73. The predicted molar refractivity (Wildman–Crippen MR) is 152 cm³/mol. The lowest BCUT2D eigenvalue weighted by Gasteiger charge is -2.24. The molecule has 0 fully saturated rings. The number of hydrogen-bond donors (Lipinski definition) is 0. The van der Waals surface area contributed by atoms with E-state index < -0.39 is 0 Å². The maximum absolute atomic E-state index is 5.72. The minimum Gasteiger partial charge on any atom is -0.497 e. The first-order chi connectivity index (χ1) is 17.8. The van der Waals surface area contributed by atoms with Crippen LogP contribution in [0.5, 0.6) is 5.75 Å². The zero-order chi connectivity index (χ0) is 24.3. The third-order valence-corrected chi connectivity index (χ3v) is 6.77. The van der Waals surface area contributed by atoms with E-state index in [2.05, 4.69) is 140 Å². The van der Waals surface area contributed by atoms with Crippen LogP contribution in [0.1, 0.15) is 0 Å². The quantitative estimate of drug-likeness (QED) is 0.248. The Morgan fingerprint density at radius 1 is 0.361 bits per heavy atom. The lowest BCUT2D eigenvalue weighted by atomic mass is 9.79. The van der Waals surface area contributed by atoms with Crippen LogP contribution in [0.4, 0.5) is 0 Å². The van der Waals surface area contributed by atoms with E-state index in [9.17, 15) is 0 Å². The van der Waals surface area contributed by atoms with Crippen molar-refractivity contribution in [2.45, 2.75) is 0 Å². The van der Waals surface area contributed by atoms with Crippen LogP contribution in [-0.2, 0) is 0 Å². The van der Waals surface area contributed by atoms with Gasteiger partial charge in [0.05, 0.1) is 7.11 Å². The molecule has 1 heteroatoms. The third kappa shape index (κ3) is 3.85. The standard InChI is InChI=1S/C35H26O/c1-36-29-22-23-30-31(24-29)33(26-16-8-3-9-17-26)35(28-20-12-5-13-21-28)34(27-18-10-4-11-19-27)32(30)25-14-6-2-7-15-25/h2-24H,1H3. The van der Waals surface area contributed by atoms with Crippen molar-refractivity contribution in [3.8, 4) is 50.3 Å². The molecule has 0 aliphatic carbocycles. The Hall–Kier alpha value is -4.62. The van der Waals surface area contributed by atoms with E-state index in [4.69, 9.17) is 4.74 Å². The number of methoxy groups -OCH3 is 1. The molecule has 0 aliphatic heterocycles. The highest BCUT2D eigenvalue weighted by Gasteiger charge is 2.24. The van der Waals surface area contributed by atoms with Gasteiger partial charge in [0, 0.05) is 0 Å². The molecule has 6 rings (SSSR count). The summed E-state index contributed by atoms with van der Waals surface area (Å²) in [5.41, 5.74) is 9.70. The second-order valence-electron chi connectivity index (χ2n) is 8.88. The van der Waals surface area contributed by atoms with Gasteiger partial charge in [-0.15, -0.1) is 0 Å². The monoisotopic (exact) mass is 462 g/mol. The molecule has 0 heterocycles. The fourth-order valence-electron chi connectivity index (χ4n) is 5.19. The molecule has 172 valence electrons. The normalized spacial score (nSPS) is 10.9. The van der Waals surface area contributed by atoms with Crippen molar-refractivity contribution in [2.24, 2.45) is 0 Å². The van der Waals surface area contributed by atoms with Gasteiger partial charge in [0.25, 0.3) is 0 Å². The third-order valence-electron chi connectivity index (χ3n) is 6.77. The van der Waals surface area contributed by atoms with Crippen molar-refractivity contribution in [2.75, 3.05) is 7.11 Å². The van der Waals surface area contributed by atoms with E-state index in [1.807, 2.05) is 0 Å². The van der Waals surface area contributed by atoms with Gasteiger partial charge in [-0.05, 0) is 67.4 Å². The van der Waals surface area contributed by atoms with E-state index >= 15 is 0 Å². The highest BCUT2D eigenvalue weighted by atomic mass is 16.5. The Morgan fingerprint density at radius 2 is 0.722 bits per heavy atom. The highest BCUT2D eigenvalue weighted by Crippen LogP contribution is 2.51. The number of ether oxygens (including phenoxy) is 1. The molecular weight excluding hydrogens is 436 g/mol. The molecule has 0 aromatic heterocycles. The van der Waals surface area contributed by atoms with E-state index in [1.165, 1.54) is 55.3 Å². The molecule has 0 N–H and O–H groups in total. The molecule has 0 amide bonds. The van der Waals surface area contributed by atoms with Crippen LogP contribution in [0, 0.1) is 0 Å². The zero-order valence-electron chi connectivity index (χ0n) is 20.2. The highest BCUT2D eigenvalue weighted by molar-refractivity contribution is 6.18. The van der Waals surface area contributed by atoms with Gasteiger partial charge in [0.1, 0.15) is 5.75 Å². The molecule has 0 unspecified atom stereocenters. The van der Waals surface area contributed by atoms with E-state index in [0.717, 1.165) is 5.75 Å². The Bertz CT molecular complexity index is 1620. The topological polar surface area (TPSA) is 9.23 Å². The van der Waals surface area contributed by atoms with Gasteiger partial charge in [-0.2, -0.15) is 0 Å². The van der Waals surface area contributed by atoms with Gasteiger partial charge >= 0.3 is 0 Å². The van der Waals surface area contributed by atoms with Crippen LogP contribution in [0.15, 0.2) is 140 Å². The Morgan fingerprint density at radius 3 is 1.11 bits per heavy atom. The van der Waals surface area contributed by atoms with Gasteiger partial charge in [-0.3, -0.25) is 0 Å². The van der Waals surface area contributed by atoms with Crippen molar-refractivity contribution in [3.63, 3.8) is 0 Å². The Kier molecular flexibility index (Phi) is 5.81. The summed E-state index contributed by atoms with van der Waals surface area (Å²) in [6, 6.07) is 49.4. The smallest absolute Gasteiger partial charge is 0.119 e. The van der Waals surface area contributed by atoms with Gasteiger partial charge in [0.2, 0.25) is 0 Å². The second kappa shape index (κ2) is 9.56. The van der Waals surface area contributed by atoms with Crippen LogP contribution in [0.25, 0.3) is 55.3 Å². The van der Waals surface area contributed by atoms with Crippen LogP contribution in [0.2, 0.25) is 0 Å². The van der Waals surface area contributed by atoms with E-state index in [0.29, 0.717) is 0 Å². The summed E-state index contributed by atoms with van der Waals surface area (Å²) in [6.45, 7) is 0. The molecule has 0 radical (unpaired) electrons. The summed E-state index contributed by atoms with van der Waals surface area (Å²) in [5, 5.41) is 2.39. The van der Waals surface area contributed by atoms with Crippen molar-refractivity contribution in [3.05, 3.63) is 140 Å². The lowest BCUT2D eigenvalue weighted by molar-refractivity contribution is 0.415. The van der Waals surface area contributed by atoms with E-state index in [-0.39, 0.29) is 0 Å². The lowest BCUT2D eigenvalue weighted by Crippen LogP contribution is -1.98. The molecule has 6 aromatic rings. The van der Waals surface area contributed by atoms with E-state index in [1.54, 1.807) is 7.11 Å². The van der Waals surface area contributed by atoms with Crippen LogP contribution in [-0.4, -0.2) is 7.11 Å². The minimum atomic E-state index is 0.852. The number of rotatable bonds is 5. The zero-order valence-corrected chi connectivity index (χ0v) is 20.2. The summed E-state index contributed by atoms with van der Waals surface area (Å²) in [6.07, 6.45) is 0. The molecule has 0 atom stereocenters. The molecular formula is C35H26O. The van der Waals surface area contributed by atoms with Gasteiger partial charge in [0.15, 0.2) is 0 Å². The van der Waals surface area contributed by atoms with Crippen LogP contribution >= 0.6 is 0 Å². The first kappa shape index (κ1) is 21.9. The Labute approximate surface area is 212 Å². The molecule has 0 saturated carbocycles. The number of fused-ring (bicyclic) bond motifs is 1. The van der Waals surface area contributed by atoms with Crippen molar-refractivity contribution >= 4 is 10.8 Å². The summed E-state index contributed by atoms with van der Waals surface area (Å²) < 4.78 is 5.72. The second-order valence-corrected chi connectivity index (χ2v) is 8.88. The molecule has 0 saturated heterocycles. The SMILES string of the molecule is COc1ccc2c(-c3ccccc3)c(-c3ccccc3)c(-c3ccccc3)c(-c3ccccc3)c2c1. The number of hydrogen-bond acceptors (Lipinski definition) is 1. The first-order valence-electron chi connectivity index (χ1n) is 12.2. The summed E-state index contributed by atoms with van der Waals surface area (Å²) >= 11 is 0. The molecule has 36 heavy (non-hydrogen) atoms. The van der Waals surface area contributed by atoms with Crippen molar-refractivity contribution in [1.82, 2.24) is 0 Å². The van der Waals surface area contributed by atoms with Crippen molar-refractivity contribution < 1.29 is 4.74 Å². The molecule has 6 aromatic carbocycles. The minimum absolute atomic E-state index is 0.852. The average Bonchev–Trinajstić information content (AvgIpc) is 2.97. The molecule has 0 bridgehead atoms. The fraction of sp³-hybridized carbons (Fsp3) is 0.0286. The molecule has 1 nitrogen and oxygen atoms in total.